The van der Waals surface area contributed by atoms with Crippen LogP contribution in [0, 0.1) is 0 Å². The van der Waals surface area contributed by atoms with Crippen LogP contribution in [0.5, 0.6) is 0 Å². The zero-order chi connectivity index (χ0) is 12.8. The molecular formula is C14H24N2O. The maximum Gasteiger partial charge on any atom is 0.0856 e. The number of hydrogen-bond donors (Lipinski definition) is 3. The van der Waals surface area contributed by atoms with Gasteiger partial charge in [-0.25, -0.2) is 0 Å². The maximum absolute atomic E-state index is 9.81. The molecule has 1 aromatic rings. The van der Waals surface area contributed by atoms with E-state index in [1.54, 1.807) is 0 Å². The highest BCUT2D eigenvalue weighted by Gasteiger charge is 2.17. The molecule has 96 valence electrons. The van der Waals surface area contributed by atoms with Gasteiger partial charge >= 0.3 is 0 Å². The van der Waals surface area contributed by atoms with E-state index in [1.165, 1.54) is 5.56 Å². The number of benzene rings is 1. The fraction of sp³-hybridized carbons (Fsp3) is 0.571. The molecular weight excluding hydrogens is 212 g/mol. The molecule has 0 bridgehead atoms. The predicted molar refractivity (Wildman–Crippen MR) is 72.0 cm³/mol. The first-order valence-corrected chi connectivity index (χ1v) is 6.29. The van der Waals surface area contributed by atoms with Gasteiger partial charge in [0.25, 0.3) is 0 Å². The average Bonchev–Trinajstić information content (AvgIpc) is 2.39. The Morgan fingerprint density at radius 2 is 1.76 bits per heavy atom. The summed E-state index contributed by atoms with van der Waals surface area (Å²) >= 11 is 0. The molecule has 4 N–H and O–H groups in total. The van der Waals surface area contributed by atoms with E-state index in [9.17, 15) is 5.11 Å². The normalized spacial score (nSPS) is 16.5. The lowest BCUT2D eigenvalue weighted by atomic mass is 9.94. The number of likely N-dealkylation sites (N-methyl/N-ethyl adjacent to an activating group) is 1. The van der Waals surface area contributed by atoms with Crippen LogP contribution in [-0.2, 0) is 0 Å². The third kappa shape index (κ3) is 3.53. The lowest BCUT2D eigenvalue weighted by molar-refractivity contribution is 0.139. The zero-order valence-corrected chi connectivity index (χ0v) is 11.0. The van der Waals surface area contributed by atoms with E-state index in [2.05, 4.69) is 43.4 Å². The predicted octanol–water partition coefficient (Wildman–Crippen LogP) is 1.78. The van der Waals surface area contributed by atoms with Gasteiger partial charge in [0, 0.05) is 6.54 Å². The summed E-state index contributed by atoms with van der Waals surface area (Å²) in [7, 11) is 1.84. The quantitative estimate of drug-likeness (QED) is 0.705. The minimum atomic E-state index is -0.547. The first-order chi connectivity index (χ1) is 8.13. The first kappa shape index (κ1) is 14.2. The molecule has 3 unspecified atom stereocenters. The van der Waals surface area contributed by atoms with E-state index >= 15 is 0 Å². The van der Waals surface area contributed by atoms with E-state index in [0.29, 0.717) is 5.92 Å². The highest BCUT2D eigenvalue weighted by Crippen LogP contribution is 2.22. The van der Waals surface area contributed by atoms with Crippen molar-refractivity contribution in [3.8, 4) is 0 Å². The van der Waals surface area contributed by atoms with Crippen LogP contribution in [0.2, 0.25) is 0 Å². The fourth-order valence-corrected chi connectivity index (χ4v) is 1.98. The Kier molecular flexibility index (Phi) is 5.62. The summed E-state index contributed by atoms with van der Waals surface area (Å²) in [6, 6.07) is 8.32. The van der Waals surface area contributed by atoms with E-state index in [1.807, 2.05) is 7.05 Å². The molecule has 0 aliphatic heterocycles. The molecule has 0 heterocycles. The van der Waals surface area contributed by atoms with Crippen LogP contribution < -0.4 is 11.1 Å². The minimum absolute atomic E-state index is 0.0917. The Bertz CT molecular complexity index is 323. The van der Waals surface area contributed by atoms with Gasteiger partial charge in [0.15, 0.2) is 0 Å². The monoisotopic (exact) mass is 236 g/mol. The van der Waals surface area contributed by atoms with Crippen molar-refractivity contribution in [1.82, 2.24) is 5.32 Å². The molecule has 0 radical (unpaired) electrons. The summed E-state index contributed by atoms with van der Waals surface area (Å²) in [5, 5.41) is 12.9. The fourth-order valence-electron chi connectivity index (χ4n) is 1.98. The molecule has 0 spiro atoms. The van der Waals surface area contributed by atoms with E-state index in [0.717, 1.165) is 12.0 Å². The molecule has 0 aliphatic carbocycles. The molecule has 0 amide bonds. The molecule has 17 heavy (non-hydrogen) atoms. The topological polar surface area (TPSA) is 58.3 Å². The van der Waals surface area contributed by atoms with Crippen LogP contribution in [0.4, 0.5) is 0 Å². The first-order valence-electron chi connectivity index (χ1n) is 6.29. The third-order valence-electron chi connectivity index (χ3n) is 3.41. The van der Waals surface area contributed by atoms with Crippen LogP contribution in [-0.4, -0.2) is 24.8 Å². The summed E-state index contributed by atoms with van der Waals surface area (Å²) in [5.41, 5.74) is 7.92. The highest BCUT2D eigenvalue weighted by atomic mass is 16.3. The summed E-state index contributed by atoms with van der Waals surface area (Å²) in [5.74, 6) is 0.580. The van der Waals surface area contributed by atoms with Crippen LogP contribution in [0.1, 0.15) is 43.4 Å². The summed E-state index contributed by atoms with van der Waals surface area (Å²) in [6.45, 7) is 4.67. The second kappa shape index (κ2) is 6.74. The second-order valence-electron chi connectivity index (χ2n) is 4.55. The molecule has 0 saturated heterocycles. The Morgan fingerprint density at radius 3 is 2.18 bits per heavy atom. The molecule has 0 saturated carbocycles. The van der Waals surface area contributed by atoms with Crippen LogP contribution in [0.25, 0.3) is 0 Å². The molecule has 0 fully saturated rings. The molecule has 0 aliphatic rings. The van der Waals surface area contributed by atoms with Crippen molar-refractivity contribution in [2.75, 3.05) is 13.6 Å². The molecule has 3 atom stereocenters. The molecule has 3 nitrogen and oxygen atoms in total. The number of rotatable bonds is 6. The average molecular weight is 236 g/mol. The van der Waals surface area contributed by atoms with Crippen LogP contribution >= 0.6 is 0 Å². The van der Waals surface area contributed by atoms with Crippen molar-refractivity contribution in [3.63, 3.8) is 0 Å². The van der Waals surface area contributed by atoms with Crippen molar-refractivity contribution < 1.29 is 5.11 Å². The standard InChI is InChI=1S/C14H24N2O/c1-4-10(2)11-5-7-12(8-6-11)14(16-3)13(17)9-15/h5-8,10,13-14,16-17H,4,9,15H2,1-3H3. The summed E-state index contributed by atoms with van der Waals surface area (Å²) in [6.07, 6.45) is 0.592. The van der Waals surface area contributed by atoms with Gasteiger partial charge in [0.2, 0.25) is 0 Å². The smallest absolute Gasteiger partial charge is 0.0856 e. The van der Waals surface area contributed by atoms with Gasteiger partial charge in [0.05, 0.1) is 12.1 Å². The Labute approximate surface area is 104 Å². The minimum Gasteiger partial charge on any atom is -0.390 e. The van der Waals surface area contributed by atoms with Gasteiger partial charge in [0.1, 0.15) is 0 Å². The van der Waals surface area contributed by atoms with Crippen molar-refractivity contribution in [3.05, 3.63) is 35.4 Å². The summed E-state index contributed by atoms with van der Waals surface area (Å²) < 4.78 is 0. The number of aliphatic hydroxyl groups is 1. The lowest BCUT2D eigenvalue weighted by Gasteiger charge is -2.22. The van der Waals surface area contributed by atoms with Crippen molar-refractivity contribution in [2.24, 2.45) is 5.73 Å². The van der Waals surface area contributed by atoms with E-state index in [-0.39, 0.29) is 12.6 Å². The Hall–Kier alpha value is -0.900. The van der Waals surface area contributed by atoms with Gasteiger partial charge in [-0.3, -0.25) is 0 Å². The van der Waals surface area contributed by atoms with E-state index in [4.69, 9.17) is 5.73 Å². The number of nitrogens with one attached hydrogen (secondary N) is 1. The Balaban J connectivity index is 2.85. The van der Waals surface area contributed by atoms with Crippen molar-refractivity contribution in [2.45, 2.75) is 38.3 Å². The molecule has 1 aromatic carbocycles. The zero-order valence-electron chi connectivity index (χ0n) is 11.0. The molecule has 3 heteroatoms. The maximum atomic E-state index is 9.81. The van der Waals surface area contributed by atoms with Gasteiger partial charge in [-0.15, -0.1) is 0 Å². The van der Waals surface area contributed by atoms with Gasteiger partial charge in [-0.05, 0) is 30.5 Å². The van der Waals surface area contributed by atoms with Gasteiger partial charge < -0.3 is 16.2 Å². The molecule has 0 aromatic heterocycles. The number of aliphatic hydroxyl groups excluding tert-OH is 1. The van der Waals surface area contributed by atoms with Crippen LogP contribution in [0.15, 0.2) is 24.3 Å². The molecule has 1 rings (SSSR count). The number of nitrogens with two attached hydrogens (primary N) is 1. The number of hydrogen-bond acceptors (Lipinski definition) is 3. The summed E-state index contributed by atoms with van der Waals surface area (Å²) in [4.78, 5) is 0. The Morgan fingerprint density at radius 1 is 1.24 bits per heavy atom. The van der Waals surface area contributed by atoms with E-state index < -0.39 is 6.10 Å². The SMILES string of the molecule is CCC(C)c1ccc(C(NC)C(O)CN)cc1. The third-order valence-corrected chi connectivity index (χ3v) is 3.41. The lowest BCUT2D eigenvalue weighted by Crippen LogP contribution is -2.34. The van der Waals surface area contributed by atoms with Crippen molar-refractivity contribution >= 4 is 0 Å². The van der Waals surface area contributed by atoms with Crippen LogP contribution in [0.3, 0.4) is 0 Å². The van der Waals surface area contributed by atoms with Gasteiger partial charge in [-0.2, -0.15) is 0 Å². The largest absolute Gasteiger partial charge is 0.390 e. The van der Waals surface area contributed by atoms with Crippen molar-refractivity contribution in [1.29, 1.82) is 0 Å². The highest BCUT2D eigenvalue weighted by molar-refractivity contribution is 5.27. The van der Waals surface area contributed by atoms with Gasteiger partial charge in [-0.1, -0.05) is 38.1 Å². The second-order valence-corrected chi connectivity index (χ2v) is 4.55.